The zero-order valence-electron chi connectivity index (χ0n) is 17.6. The van der Waals surface area contributed by atoms with Crippen LogP contribution in [0.2, 0.25) is 0 Å². The molecule has 0 saturated heterocycles. The van der Waals surface area contributed by atoms with Crippen molar-refractivity contribution in [3.63, 3.8) is 0 Å². The first-order valence-electron chi connectivity index (χ1n) is 11.2. The molecule has 2 heterocycles. The molecule has 0 bridgehead atoms. The average Bonchev–Trinajstić information content (AvgIpc) is 3.14. The van der Waals surface area contributed by atoms with E-state index in [1.807, 2.05) is 6.20 Å². The molecule has 0 fully saturated rings. The van der Waals surface area contributed by atoms with Crippen molar-refractivity contribution in [2.24, 2.45) is 0 Å². The van der Waals surface area contributed by atoms with E-state index in [0.29, 0.717) is 0 Å². The topological polar surface area (TPSA) is 57.7 Å². The fourth-order valence-corrected chi connectivity index (χ4v) is 3.55. The highest BCUT2D eigenvalue weighted by molar-refractivity contribution is 5.67. The first kappa shape index (κ1) is 21.8. The van der Waals surface area contributed by atoms with Gasteiger partial charge >= 0.3 is 0 Å². The molecule has 2 aromatic heterocycles. The first-order chi connectivity index (χ1) is 13.3. The molecule has 5 heteroatoms. The number of unbranched alkanes of at least 4 members (excludes halogenated alkanes) is 10. The molecule has 152 valence electrons. The number of H-pyrrole nitrogens is 1. The van der Waals surface area contributed by atoms with E-state index in [9.17, 15) is 0 Å². The minimum atomic E-state index is 0.777. The zero-order chi connectivity index (χ0) is 19.2. The highest BCUT2D eigenvalue weighted by atomic mass is 15.1. The van der Waals surface area contributed by atoms with Gasteiger partial charge in [0.25, 0.3) is 0 Å². The second-order valence-electron chi connectivity index (χ2n) is 7.74. The number of hydrogen-bond donors (Lipinski definition) is 1. The van der Waals surface area contributed by atoms with Gasteiger partial charge in [0, 0.05) is 0 Å². The Kier molecular flexibility index (Phi) is 11.0. The van der Waals surface area contributed by atoms with Crippen molar-refractivity contribution >= 4 is 11.2 Å². The molecule has 0 aliphatic heterocycles. The van der Waals surface area contributed by atoms with E-state index in [-0.39, 0.29) is 0 Å². The lowest BCUT2D eigenvalue weighted by molar-refractivity contribution is 0.246. The van der Waals surface area contributed by atoms with Crippen LogP contribution >= 0.6 is 0 Å². The van der Waals surface area contributed by atoms with Crippen molar-refractivity contribution in [2.45, 2.75) is 97.4 Å². The predicted molar refractivity (Wildman–Crippen MR) is 114 cm³/mol. The minimum absolute atomic E-state index is 0.777. The first-order valence-corrected chi connectivity index (χ1v) is 11.2. The lowest BCUT2D eigenvalue weighted by Gasteiger charge is -2.21. The molecule has 2 rings (SSSR count). The number of nitrogens with zero attached hydrogens (tertiary/aromatic N) is 4. The van der Waals surface area contributed by atoms with Gasteiger partial charge in [-0.05, 0) is 25.9 Å². The molecule has 0 amide bonds. The Labute approximate surface area is 165 Å². The van der Waals surface area contributed by atoms with Crippen molar-refractivity contribution in [1.82, 2.24) is 24.8 Å². The molecule has 5 nitrogen and oxygen atoms in total. The maximum atomic E-state index is 4.62. The summed E-state index contributed by atoms with van der Waals surface area (Å²) in [6.45, 7) is 7.70. The molecule has 27 heavy (non-hydrogen) atoms. The van der Waals surface area contributed by atoms with Crippen LogP contribution in [0.15, 0.2) is 12.5 Å². The monoisotopic (exact) mass is 373 g/mol. The standard InChI is InChI=1S/C22H39N5/c1-3-5-7-9-11-13-15-27(16-14-12-10-8-6-4-2)18-21-23-17-20-22(26-21)25-19-24-20/h17,19H,3-16,18H2,1-2H3,(H,23,24,25,26). The molecule has 0 aliphatic rings. The van der Waals surface area contributed by atoms with Gasteiger partial charge in [0.2, 0.25) is 0 Å². The van der Waals surface area contributed by atoms with Crippen molar-refractivity contribution in [2.75, 3.05) is 13.1 Å². The van der Waals surface area contributed by atoms with E-state index >= 15 is 0 Å². The Morgan fingerprint density at radius 3 is 2.00 bits per heavy atom. The van der Waals surface area contributed by atoms with Crippen LogP contribution in [-0.2, 0) is 6.54 Å². The maximum absolute atomic E-state index is 4.62. The quantitative estimate of drug-likeness (QED) is 0.373. The van der Waals surface area contributed by atoms with E-state index in [4.69, 9.17) is 0 Å². The Morgan fingerprint density at radius 1 is 0.778 bits per heavy atom. The van der Waals surface area contributed by atoms with Crippen LogP contribution in [0.1, 0.15) is 96.7 Å². The van der Waals surface area contributed by atoms with Gasteiger partial charge in [-0.3, -0.25) is 4.90 Å². The summed E-state index contributed by atoms with van der Waals surface area (Å²) in [4.78, 5) is 19.0. The summed E-state index contributed by atoms with van der Waals surface area (Å²) in [5.74, 6) is 0.895. The number of aromatic amines is 1. The van der Waals surface area contributed by atoms with Crippen LogP contribution in [0.3, 0.4) is 0 Å². The van der Waals surface area contributed by atoms with Crippen molar-refractivity contribution in [1.29, 1.82) is 0 Å². The van der Waals surface area contributed by atoms with Gasteiger partial charge in [0.1, 0.15) is 11.3 Å². The Balaban J connectivity index is 1.78. The summed E-state index contributed by atoms with van der Waals surface area (Å²) < 4.78 is 0. The second kappa shape index (κ2) is 13.6. The van der Waals surface area contributed by atoms with E-state index < -0.39 is 0 Å². The number of aromatic nitrogens is 4. The van der Waals surface area contributed by atoms with Gasteiger partial charge in [-0.15, -0.1) is 0 Å². The van der Waals surface area contributed by atoms with Crippen LogP contribution in [0.25, 0.3) is 11.2 Å². The molecular weight excluding hydrogens is 334 g/mol. The number of hydrogen-bond acceptors (Lipinski definition) is 4. The SMILES string of the molecule is CCCCCCCCN(CCCCCCCC)Cc1ncc2[nH]cnc2n1. The lowest BCUT2D eigenvalue weighted by Crippen LogP contribution is -2.26. The van der Waals surface area contributed by atoms with Crippen molar-refractivity contribution < 1.29 is 0 Å². The third kappa shape index (κ3) is 8.83. The number of rotatable bonds is 16. The lowest BCUT2D eigenvalue weighted by atomic mass is 10.1. The fourth-order valence-electron chi connectivity index (χ4n) is 3.55. The normalized spacial score (nSPS) is 11.7. The van der Waals surface area contributed by atoms with E-state index in [1.165, 1.54) is 77.0 Å². The third-order valence-corrected chi connectivity index (χ3v) is 5.25. The minimum Gasteiger partial charge on any atom is -0.342 e. The summed E-state index contributed by atoms with van der Waals surface area (Å²) in [7, 11) is 0. The molecule has 0 atom stereocenters. The smallest absolute Gasteiger partial charge is 0.180 e. The molecule has 1 N–H and O–H groups in total. The van der Waals surface area contributed by atoms with Gasteiger partial charge in [-0.25, -0.2) is 15.0 Å². The Hall–Kier alpha value is -1.49. The molecule has 0 aromatic carbocycles. The average molecular weight is 374 g/mol. The van der Waals surface area contributed by atoms with E-state index in [1.54, 1.807) is 6.33 Å². The fraction of sp³-hybridized carbons (Fsp3) is 0.773. The van der Waals surface area contributed by atoms with Crippen LogP contribution in [0.5, 0.6) is 0 Å². The Bertz CT molecular complexity index is 594. The third-order valence-electron chi connectivity index (χ3n) is 5.25. The molecule has 0 unspecified atom stereocenters. The summed E-state index contributed by atoms with van der Waals surface area (Å²) in [6.07, 6.45) is 19.7. The molecule has 0 aliphatic carbocycles. The van der Waals surface area contributed by atoms with Gasteiger partial charge in [-0.2, -0.15) is 0 Å². The summed E-state index contributed by atoms with van der Waals surface area (Å²) in [5, 5.41) is 0. The Morgan fingerprint density at radius 2 is 1.37 bits per heavy atom. The van der Waals surface area contributed by atoms with Gasteiger partial charge in [0.05, 0.1) is 19.1 Å². The largest absolute Gasteiger partial charge is 0.342 e. The van der Waals surface area contributed by atoms with Gasteiger partial charge in [0.15, 0.2) is 5.65 Å². The summed E-state index contributed by atoms with van der Waals surface area (Å²) in [5.41, 5.74) is 1.69. The van der Waals surface area contributed by atoms with Crippen LogP contribution in [-0.4, -0.2) is 37.9 Å². The number of nitrogens with one attached hydrogen (secondary N) is 1. The van der Waals surface area contributed by atoms with Crippen LogP contribution < -0.4 is 0 Å². The van der Waals surface area contributed by atoms with Crippen molar-refractivity contribution in [3.05, 3.63) is 18.3 Å². The molecule has 0 spiro atoms. The van der Waals surface area contributed by atoms with E-state index in [2.05, 4.69) is 38.7 Å². The summed E-state index contributed by atoms with van der Waals surface area (Å²) in [6, 6.07) is 0. The molecule has 0 saturated carbocycles. The molecule has 0 radical (unpaired) electrons. The predicted octanol–water partition coefficient (Wildman–Crippen LogP) is 5.88. The van der Waals surface area contributed by atoms with Crippen LogP contribution in [0.4, 0.5) is 0 Å². The molecule has 2 aromatic rings. The number of fused-ring (bicyclic) bond motifs is 1. The van der Waals surface area contributed by atoms with Gasteiger partial charge < -0.3 is 4.98 Å². The number of imidazole rings is 1. The zero-order valence-corrected chi connectivity index (χ0v) is 17.6. The van der Waals surface area contributed by atoms with E-state index in [0.717, 1.165) is 36.6 Å². The van der Waals surface area contributed by atoms with Crippen LogP contribution in [0, 0.1) is 0 Å². The van der Waals surface area contributed by atoms with Crippen molar-refractivity contribution in [3.8, 4) is 0 Å². The summed E-state index contributed by atoms with van der Waals surface area (Å²) >= 11 is 0. The maximum Gasteiger partial charge on any atom is 0.180 e. The highest BCUT2D eigenvalue weighted by Crippen LogP contribution is 2.12. The highest BCUT2D eigenvalue weighted by Gasteiger charge is 2.09. The van der Waals surface area contributed by atoms with Gasteiger partial charge in [-0.1, -0.05) is 78.1 Å². The molecular formula is C22H39N5. The second-order valence-corrected chi connectivity index (χ2v) is 7.74.